The third kappa shape index (κ3) is 3.23. The maximum absolute atomic E-state index is 5.38. The second kappa shape index (κ2) is 6.14. The van der Waals surface area contributed by atoms with E-state index < -0.39 is 0 Å². The van der Waals surface area contributed by atoms with Gasteiger partial charge in [0.25, 0.3) is 0 Å². The fourth-order valence-electron chi connectivity index (χ4n) is 2.73. The zero-order valence-electron chi connectivity index (χ0n) is 12.0. The van der Waals surface area contributed by atoms with Crippen molar-refractivity contribution in [3.05, 3.63) is 53.5 Å². The highest BCUT2D eigenvalue weighted by Crippen LogP contribution is 2.22. The van der Waals surface area contributed by atoms with Crippen LogP contribution in [-0.2, 0) is 19.4 Å². The molecule has 3 rings (SSSR count). The molecule has 20 heavy (non-hydrogen) atoms. The highest BCUT2D eigenvalue weighted by molar-refractivity contribution is 5.54. The first kappa shape index (κ1) is 13.3. The Labute approximate surface area is 120 Å². The van der Waals surface area contributed by atoms with Gasteiger partial charge in [-0.05, 0) is 49.1 Å². The highest BCUT2D eigenvalue weighted by atomic mass is 16.3. The molecule has 1 aromatic carbocycles. The molecule has 0 radical (unpaired) electrons. The number of hydrogen-bond acceptors (Lipinski definition) is 3. The first-order chi connectivity index (χ1) is 9.81. The summed E-state index contributed by atoms with van der Waals surface area (Å²) < 4.78 is 5.38. The van der Waals surface area contributed by atoms with Crippen LogP contribution in [0.3, 0.4) is 0 Å². The number of furan rings is 1. The zero-order valence-corrected chi connectivity index (χ0v) is 12.0. The second-order valence-electron chi connectivity index (χ2n) is 5.59. The maximum Gasteiger partial charge on any atom is 0.105 e. The van der Waals surface area contributed by atoms with Crippen LogP contribution < -0.4 is 10.6 Å². The van der Waals surface area contributed by atoms with E-state index in [1.54, 1.807) is 6.26 Å². The summed E-state index contributed by atoms with van der Waals surface area (Å²) in [5.41, 5.74) is 4.12. The third-order valence-corrected chi connectivity index (χ3v) is 3.85. The molecule has 1 aromatic heterocycles. The van der Waals surface area contributed by atoms with E-state index in [0.29, 0.717) is 6.04 Å². The van der Waals surface area contributed by atoms with Crippen molar-refractivity contribution in [3.8, 4) is 0 Å². The summed E-state index contributed by atoms with van der Waals surface area (Å²) in [6.07, 6.45) is 5.09. The average Bonchev–Trinajstić information content (AvgIpc) is 2.98. The van der Waals surface area contributed by atoms with Crippen LogP contribution in [0.15, 0.2) is 41.0 Å². The average molecular weight is 270 g/mol. The minimum Gasteiger partial charge on any atom is -0.469 e. The van der Waals surface area contributed by atoms with Gasteiger partial charge in [0, 0.05) is 31.2 Å². The Morgan fingerprint density at radius 2 is 2.30 bits per heavy atom. The number of nitrogens with one attached hydrogen (secondary N) is 2. The number of aryl methyl sites for hydroxylation is 1. The Morgan fingerprint density at radius 3 is 3.15 bits per heavy atom. The third-order valence-electron chi connectivity index (χ3n) is 3.85. The van der Waals surface area contributed by atoms with Gasteiger partial charge in [0.1, 0.15) is 5.76 Å². The number of anilines is 1. The lowest BCUT2D eigenvalue weighted by Gasteiger charge is -2.19. The SMILES string of the molecule is CC(Cc1ccco1)NCc1ccc2c(c1)CCCN2. The molecule has 1 atom stereocenters. The summed E-state index contributed by atoms with van der Waals surface area (Å²) in [5, 5.41) is 7.02. The standard InChI is InChI=1S/C17H22N2O/c1-13(10-16-5-3-9-20-16)19-12-14-6-7-17-15(11-14)4-2-8-18-17/h3,5-7,9,11,13,18-19H,2,4,8,10,12H2,1H3. The molecule has 0 fully saturated rings. The van der Waals surface area contributed by atoms with Crippen LogP contribution in [0.1, 0.15) is 30.2 Å². The molecule has 0 bridgehead atoms. The predicted molar refractivity (Wildman–Crippen MR) is 82.0 cm³/mol. The van der Waals surface area contributed by atoms with E-state index in [-0.39, 0.29) is 0 Å². The molecule has 1 aliphatic heterocycles. The lowest BCUT2D eigenvalue weighted by molar-refractivity contribution is 0.456. The van der Waals surface area contributed by atoms with Crippen molar-refractivity contribution in [2.45, 2.75) is 38.8 Å². The molecule has 3 heteroatoms. The quantitative estimate of drug-likeness (QED) is 0.875. The van der Waals surface area contributed by atoms with Crippen LogP contribution in [0.25, 0.3) is 0 Å². The van der Waals surface area contributed by atoms with Crippen LogP contribution in [-0.4, -0.2) is 12.6 Å². The predicted octanol–water partition coefficient (Wildman–Crippen LogP) is 3.36. The molecule has 0 spiro atoms. The van der Waals surface area contributed by atoms with Crippen molar-refractivity contribution in [2.75, 3.05) is 11.9 Å². The molecule has 2 N–H and O–H groups in total. The van der Waals surface area contributed by atoms with E-state index >= 15 is 0 Å². The zero-order chi connectivity index (χ0) is 13.8. The molecule has 2 aromatic rings. The first-order valence-corrected chi connectivity index (χ1v) is 7.43. The summed E-state index contributed by atoms with van der Waals surface area (Å²) >= 11 is 0. The number of fused-ring (bicyclic) bond motifs is 1. The van der Waals surface area contributed by atoms with Gasteiger partial charge in [-0.25, -0.2) is 0 Å². The van der Waals surface area contributed by atoms with Gasteiger partial charge in [-0.3, -0.25) is 0 Å². The fraction of sp³-hybridized carbons (Fsp3) is 0.412. The van der Waals surface area contributed by atoms with Crippen LogP contribution in [0.4, 0.5) is 5.69 Å². The van der Waals surface area contributed by atoms with Crippen molar-refractivity contribution in [3.63, 3.8) is 0 Å². The molecular formula is C17H22N2O. The van der Waals surface area contributed by atoms with Gasteiger partial charge in [0.05, 0.1) is 6.26 Å². The first-order valence-electron chi connectivity index (χ1n) is 7.43. The van der Waals surface area contributed by atoms with E-state index in [9.17, 15) is 0 Å². The minimum absolute atomic E-state index is 0.412. The molecule has 0 amide bonds. The molecule has 2 heterocycles. The van der Waals surface area contributed by atoms with Gasteiger partial charge in [0.15, 0.2) is 0 Å². The summed E-state index contributed by atoms with van der Waals surface area (Å²) in [6.45, 7) is 4.21. The summed E-state index contributed by atoms with van der Waals surface area (Å²) in [5.74, 6) is 1.04. The molecular weight excluding hydrogens is 248 g/mol. The van der Waals surface area contributed by atoms with Gasteiger partial charge >= 0.3 is 0 Å². The van der Waals surface area contributed by atoms with Crippen molar-refractivity contribution >= 4 is 5.69 Å². The fourth-order valence-corrected chi connectivity index (χ4v) is 2.73. The van der Waals surface area contributed by atoms with Crippen molar-refractivity contribution in [2.24, 2.45) is 0 Å². The molecule has 0 aliphatic carbocycles. The smallest absolute Gasteiger partial charge is 0.105 e. The minimum atomic E-state index is 0.412. The maximum atomic E-state index is 5.38. The Kier molecular flexibility index (Phi) is 4.07. The summed E-state index contributed by atoms with van der Waals surface area (Å²) in [6, 6.07) is 11.1. The van der Waals surface area contributed by atoms with Gasteiger partial charge < -0.3 is 15.1 Å². The van der Waals surface area contributed by atoms with Crippen molar-refractivity contribution in [1.82, 2.24) is 5.32 Å². The Balaban J connectivity index is 1.55. The topological polar surface area (TPSA) is 37.2 Å². The molecule has 0 saturated carbocycles. The van der Waals surface area contributed by atoms with Crippen LogP contribution in [0.5, 0.6) is 0 Å². The molecule has 106 valence electrons. The molecule has 3 nitrogen and oxygen atoms in total. The largest absolute Gasteiger partial charge is 0.469 e. The van der Waals surface area contributed by atoms with Crippen LogP contribution >= 0.6 is 0 Å². The van der Waals surface area contributed by atoms with Crippen molar-refractivity contribution in [1.29, 1.82) is 0 Å². The highest BCUT2D eigenvalue weighted by Gasteiger charge is 2.09. The van der Waals surface area contributed by atoms with E-state index in [4.69, 9.17) is 4.42 Å². The monoisotopic (exact) mass is 270 g/mol. The Bertz CT molecular complexity index is 548. The van der Waals surface area contributed by atoms with Gasteiger partial charge in [-0.2, -0.15) is 0 Å². The van der Waals surface area contributed by atoms with Crippen molar-refractivity contribution < 1.29 is 4.42 Å². The summed E-state index contributed by atoms with van der Waals surface area (Å²) in [4.78, 5) is 0. The van der Waals surface area contributed by atoms with Gasteiger partial charge in [0.2, 0.25) is 0 Å². The summed E-state index contributed by atoms with van der Waals surface area (Å²) in [7, 11) is 0. The van der Waals surface area contributed by atoms with Crippen LogP contribution in [0.2, 0.25) is 0 Å². The normalized spacial score (nSPS) is 15.4. The number of benzene rings is 1. The Hall–Kier alpha value is -1.74. The molecule has 0 saturated heterocycles. The number of rotatable bonds is 5. The van der Waals surface area contributed by atoms with E-state index in [2.05, 4.69) is 35.8 Å². The lowest BCUT2D eigenvalue weighted by Crippen LogP contribution is -2.27. The molecule has 1 aliphatic rings. The van der Waals surface area contributed by atoms with E-state index in [1.807, 2.05) is 12.1 Å². The van der Waals surface area contributed by atoms with E-state index in [0.717, 1.165) is 25.3 Å². The van der Waals surface area contributed by atoms with Gasteiger partial charge in [-0.1, -0.05) is 12.1 Å². The van der Waals surface area contributed by atoms with Crippen LogP contribution in [0, 0.1) is 0 Å². The second-order valence-corrected chi connectivity index (χ2v) is 5.59. The van der Waals surface area contributed by atoms with E-state index in [1.165, 1.54) is 29.7 Å². The number of hydrogen-bond donors (Lipinski definition) is 2. The van der Waals surface area contributed by atoms with Gasteiger partial charge in [-0.15, -0.1) is 0 Å². The molecule has 1 unspecified atom stereocenters. The Morgan fingerprint density at radius 1 is 1.35 bits per heavy atom. The lowest BCUT2D eigenvalue weighted by atomic mass is 10.0.